The van der Waals surface area contributed by atoms with E-state index in [1.54, 1.807) is 0 Å². The summed E-state index contributed by atoms with van der Waals surface area (Å²) in [6.07, 6.45) is 0. The van der Waals surface area contributed by atoms with Crippen molar-refractivity contribution in [3.63, 3.8) is 0 Å². The largest absolute Gasteiger partial charge is 0.309 e. The number of benzene rings is 10. The van der Waals surface area contributed by atoms with Gasteiger partial charge in [-0.05, 0) is 82.9 Å². The van der Waals surface area contributed by atoms with Gasteiger partial charge in [-0.25, -0.2) is 9.97 Å². The third-order valence-electron chi connectivity index (χ3n) is 13.7. The van der Waals surface area contributed by atoms with E-state index < -0.39 is 0 Å². The number of fused-ring (bicyclic) bond motifs is 11. The molecule has 0 aliphatic heterocycles. The highest BCUT2D eigenvalue weighted by molar-refractivity contribution is 6.29. The van der Waals surface area contributed by atoms with Crippen LogP contribution in [0, 0.1) is 0 Å². The molecule has 4 aromatic heterocycles. The van der Waals surface area contributed by atoms with Crippen LogP contribution in [0.1, 0.15) is 0 Å². The van der Waals surface area contributed by atoms with Gasteiger partial charge in [-0.2, -0.15) is 0 Å². The lowest BCUT2D eigenvalue weighted by atomic mass is 10.00. The topological polar surface area (TPSA) is 40.6 Å². The predicted octanol–water partition coefficient (Wildman–Crippen LogP) is 15.9. The fourth-order valence-electron chi connectivity index (χ4n) is 10.7. The van der Waals surface area contributed by atoms with Crippen LogP contribution in [-0.2, 0) is 0 Å². The Morgan fingerprint density at radius 2 is 0.731 bits per heavy atom. The molecule has 0 radical (unpaired) electrons. The van der Waals surface area contributed by atoms with Crippen molar-refractivity contribution in [3.8, 4) is 50.8 Å². The molecular formula is C62H39N5. The van der Waals surface area contributed by atoms with E-state index >= 15 is 0 Å². The first-order chi connectivity index (χ1) is 33.3. The Hall–Kier alpha value is -9.06. The van der Waals surface area contributed by atoms with Gasteiger partial charge in [-0.15, -0.1) is 0 Å². The van der Waals surface area contributed by atoms with E-state index in [2.05, 4.69) is 244 Å². The lowest BCUT2D eigenvalue weighted by Gasteiger charge is -2.13. The second-order valence-corrected chi connectivity index (χ2v) is 17.3. The molecule has 0 bridgehead atoms. The molecule has 0 fully saturated rings. The van der Waals surface area contributed by atoms with E-state index in [-0.39, 0.29) is 0 Å². The highest BCUT2D eigenvalue weighted by atomic mass is 15.2. The third-order valence-corrected chi connectivity index (χ3v) is 13.7. The summed E-state index contributed by atoms with van der Waals surface area (Å²) < 4.78 is 7.17. The Morgan fingerprint density at radius 3 is 1.42 bits per heavy atom. The molecule has 67 heavy (non-hydrogen) atoms. The lowest BCUT2D eigenvalue weighted by Crippen LogP contribution is -2.03. The van der Waals surface area contributed by atoms with Gasteiger partial charge in [0.25, 0.3) is 0 Å². The van der Waals surface area contributed by atoms with Crippen LogP contribution in [0.15, 0.2) is 237 Å². The lowest BCUT2D eigenvalue weighted by molar-refractivity contribution is 1.01. The molecule has 0 atom stereocenters. The van der Waals surface area contributed by atoms with Crippen molar-refractivity contribution >= 4 is 76.3 Å². The molecule has 312 valence electrons. The molecule has 0 aliphatic rings. The fourth-order valence-corrected chi connectivity index (χ4v) is 10.7. The first-order valence-electron chi connectivity index (χ1n) is 22.8. The van der Waals surface area contributed by atoms with Crippen LogP contribution < -0.4 is 0 Å². The Kier molecular flexibility index (Phi) is 8.21. The van der Waals surface area contributed by atoms with Crippen LogP contribution in [-0.4, -0.2) is 23.7 Å². The van der Waals surface area contributed by atoms with Gasteiger partial charge in [0, 0.05) is 49.0 Å². The van der Waals surface area contributed by atoms with Gasteiger partial charge in [0.1, 0.15) is 0 Å². The number of hydrogen-bond donors (Lipinski definition) is 0. The average molecular weight is 854 g/mol. The zero-order chi connectivity index (χ0) is 44.0. The highest BCUT2D eigenvalue weighted by Crippen LogP contribution is 2.45. The summed E-state index contributed by atoms with van der Waals surface area (Å²) in [6.45, 7) is 0. The minimum atomic E-state index is 0.644. The van der Waals surface area contributed by atoms with Gasteiger partial charge >= 0.3 is 0 Å². The van der Waals surface area contributed by atoms with E-state index in [0.717, 1.165) is 66.4 Å². The van der Waals surface area contributed by atoms with Crippen LogP contribution in [0.3, 0.4) is 0 Å². The van der Waals surface area contributed by atoms with Crippen molar-refractivity contribution in [2.45, 2.75) is 0 Å². The number of hydrogen-bond acceptors (Lipinski definition) is 2. The van der Waals surface area contributed by atoms with Crippen molar-refractivity contribution in [1.82, 2.24) is 23.7 Å². The van der Waals surface area contributed by atoms with Crippen molar-refractivity contribution in [2.75, 3.05) is 0 Å². The minimum Gasteiger partial charge on any atom is -0.309 e. The summed E-state index contributed by atoms with van der Waals surface area (Å²) in [6, 6.07) is 85.0. The van der Waals surface area contributed by atoms with Crippen LogP contribution in [0.4, 0.5) is 0 Å². The molecule has 14 rings (SSSR count). The summed E-state index contributed by atoms with van der Waals surface area (Å²) in [7, 11) is 0. The van der Waals surface area contributed by atoms with E-state index in [0.29, 0.717) is 5.95 Å². The molecule has 0 aliphatic carbocycles. The molecule has 0 saturated carbocycles. The van der Waals surface area contributed by atoms with Gasteiger partial charge in [0.2, 0.25) is 5.95 Å². The molecule has 0 spiro atoms. The van der Waals surface area contributed by atoms with Crippen molar-refractivity contribution in [2.24, 2.45) is 0 Å². The van der Waals surface area contributed by atoms with Crippen molar-refractivity contribution in [1.29, 1.82) is 0 Å². The molecule has 0 saturated heterocycles. The number of nitrogens with zero attached hydrogens (tertiary/aromatic N) is 5. The Balaban J connectivity index is 0.993. The maximum absolute atomic E-state index is 5.38. The highest BCUT2D eigenvalue weighted by Gasteiger charge is 2.24. The third kappa shape index (κ3) is 5.68. The predicted molar refractivity (Wildman–Crippen MR) is 279 cm³/mol. The van der Waals surface area contributed by atoms with Crippen LogP contribution >= 0.6 is 0 Å². The maximum atomic E-state index is 5.38. The van der Waals surface area contributed by atoms with Crippen molar-refractivity contribution in [3.05, 3.63) is 237 Å². The van der Waals surface area contributed by atoms with Gasteiger partial charge in [-0.1, -0.05) is 176 Å². The molecule has 10 aromatic carbocycles. The molecule has 0 amide bonds. The Bertz CT molecular complexity index is 4250. The molecule has 0 N–H and O–H groups in total. The summed E-state index contributed by atoms with van der Waals surface area (Å²) in [5.74, 6) is 0.644. The second-order valence-electron chi connectivity index (χ2n) is 17.3. The SMILES string of the molecule is c1ccc(-c2ccc(-c3cccc(-n4c5ccccc5c5c6c7ccccc7n(-c7cccc8c7c7ccccc7n8-c7nc(-c8ccccc8)c8ccccc8n7)c6ccc54)c3)cc2)cc1. The zero-order valence-electron chi connectivity index (χ0n) is 36.3. The maximum Gasteiger partial charge on any atom is 0.235 e. The Morgan fingerprint density at radius 1 is 0.269 bits per heavy atom. The standard InChI is InChI=1S/C62H39N5/c1-3-17-40(18-4-1)41-33-35-42(36-34-41)44-21-15-22-45(39-44)65-51-28-12-9-25-48(51)59-56(65)37-38-57-60(59)49-26-10-13-29-52(49)66(57)54-31-16-32-55-58(54)47-24-8-14-30-53(47)67(55)62-63-50-27-11-7-23-46(50)61(64-62)43-19-5-2-6-20-43/h1-39H. The first-order valence-corrected chi connectivity index (χ1v) is 22.8. The van der Waals surface area contributed by atoms with Gasteiger partial charge in [-0.3, -0.25) is 4.57 Å². The molecule has 4 heterocycles. The van der Waals surface area contributed by atoms with Crippen LogP contribution in [0.2, 0.25) is 0 Å². The Labute approximate surface area is 385 Å². The first kappa shape index (κ1) is 37.3. The molecule has 5 heteroatoms. The molecule has 0 unspecified atom stereocenters. The number of rotatable bonds is 6. The number of aromatic nitrogens is 5. The summed E-state index contributed by atoms with van der Waals surface area (Å²) in [5, 5.41) is 8.23. The van der Waals surface area contributed by atoms with E-state index in [1.165, 1.54) is 54.8 Å². The van der Waals surface area contributed by atoms with E-state index in [4.69, 9.17) is 9.97 Å². The van der Waals surface area contributed by atoms with Crippen molar-refractivity contribution < 1.29 is 0 Å². The smallest absolute Gasteiger partial charge is 0.235 e. The molecule has 5 nitrogen and oxygen atoms in total. The quantitative estimate of drug-likeness (QED) is 0.167. The average Bonchev–Trinajstić information content (AvgIpc) is 4.05. The second kappa shape index (κ2) is 14.7. The van der Waals surface area contributed by atoms with Crippen LogP contribution in [0.5, 0.6) is 0 Å². The zero-order valence-corrected chi connectivity index (χ0v) is 36.3. The fraction of sp³-hybridized carbons (Fsp3) is 0. The van der Waals surface area contributed by atoms with E-state index in [9.17, 15) is 0 Å². The van der Waals surface area contributed by atoms with Gasteiger partial charge in [0.15, 0.2) is 0 Å². The summed E-state index contributed by atoms with van der Waals surface area (Å²) >= 11 is 0. The summed E-state index contributed by atoms with van der Waals surface area (Å²) in [5.41, 5.74) is 16.7. The van der Waals surface area contributed by atoms with E-state index in [1.807, 2.05) is 6.07 Å². The molecule has 14 aromatic rings. The van der Waals surface area contributed by atoms with Gasteiger partial charge < -0.3 is 9.13 Å². The summed E-state index contributed by atoms with van der Waals surface area (Å²) in [4.78, 5) is 10.6. The van der Waals surface area contributed by atoms with Gasteiger partial charge in [0.05, 0.1) is 50.0 Å². The molecular weight excluding hydrogens is 815 g/mol. The minimum absolute atomic E-state index is 0.644. The monoisotopic (exact) mass is 853 g/mol. The van der Waals surface area contributed by atoms with Crippen LogP contribution in [0.25, 0.3) is 127 Å². The number of para-hydroxylation sites is 4. The normalized spacial score (nSPS) is 11.9.